The molecule has 0 aromatic carbocycles. The molecule has 82 valence electrons. The quantitative estimate of drug-likeness (QED) is 0.628. The number of rotatable bonds is 3. The van der Waals surface area contributed by atoms with Gasteiger partial charge in [0.25, 0.3) is 0 Å². The summed E-state index contributed by atoms with van der Waals surface area (Å²) in [6.07, 6.45) is 0. The summed E-state index contributed by atoms with van der Waals surface area (Å²) in [6, 6.07) is 0. The van der Waals surface area contributed by atoms with Crippen molar-refractivity contribution in [3.63, 3.8) is 0 Å². The normalized spacial score (nSPS) is 10.9. The summed E-state index contributed by atoms with van der Waals surface area (Å²) in [7, 11) is 0. The van der Waals surface area contributed by atoms with E-state index in [-0.39, 0.29) is 5.41 Å². The number of thiazole rings is 1. The van der Waals surface area contributed by atoms with Gasteiger partial charge in [0.15, 0.2) is 0 Å². The summed E-state index contributed by atoms with van der Waals surface area (Å²) in [6.45, 7) is 9.95. The molecule has 0 fully saturated rings. The van der Waals surface area contributed by atoms with Gasteiger partial charge in [-0.05, 0) is 6.92 Å². The summed E-state index contributed by atoms with van der Waals surface area (Å²) < 4.78 is 0. The van der Waals surface area contributed by atoms with Crippen molar-refractivity contribution in [3.05, 3.63) is 16.1 Å². The van der Waals surface area contributed by atoms with E-state index in [0.29, 0.717) is 0 Å². The van der Waals surface area contributed by atoms with Crippen LogP contribution in [-0.2, 0) is 12.0 Å². The second-order valence-corrected chi connectivity index (χ2v) is 5.35. The van der Waals surface area contributed by atoms with E-state index in [2.05, 4.69) is 48.3 Å². The SMILES string of the molecule is CC#CCNCc1nc(C(C)(C)C)cs1. The molecule has 0 aliphatic rings. The Labute approximate surface area is 96.1 Å². The first-order valence-electron chi connectivity index (χ1n) is 5.09. The van der Waals surface area contributed by atoms with Gasteiger partial charge >= 0.3 is 0 Å². The van der Waals surface area contributed by atoms with Gasteiger partial charge < -0.3 is 0 Å². The van der Waals surface area contributed by atoms with E-state index in [4.69, 9.17) is 0 Å². The highest BCUT2D eigenvalue weighted by atomic mass is 32.1. The monoisotopic (exact) mass is 222 g/mol. The van der Waals surface area contributed by atoms with E-state index in [1.807, 2.05) is 6.92 Å². The van der Waals surface area contributed by atoms with E-state index in [9.17, 15) is 0 Å². The highest BCUT2D eigenvalue weighted by Gasteiger charge is 2.16. The molecule has 0 saturated heterocycles. The molecule has 0 bridgehead atoms. The Morgan fingerprint density at radius 2 is 2.20 bits per heavy atom. The van der Waals surface area contributed by atoms with Gasteiger partial charge in [-0.15, -0.1) is 17.3 Å². The molecule has 0 radical (unpaired) electrons. The molecule has 1 N–H and O–H groups in total. The van der Waals surface area contributed by atoms with Crippen LogP contribution in [-0.4, -0.2) is 11.5 Å². The second-order valence-electron chi connectivity index (χ2n) is 4.41. The predicted octanol–water partition coefficient (Wildman–Crippen LogP) is 2.55. The first-order valence-corrected chi connectivity index (χ1v) is 5.97. The first kappa shape index (κ1) is 12.2. The van der Waals surface area contributed by atoms with Gasteiger partial charge in [0.2, 0.25) is 0 Å². The molecule has 0 atom stereocenters. The molecular weight excluding hydrogens is 204 g/mol. The summed E-state index contributed by atoms with van der Waals surface area (Å²) in [5.41, 5.74) is 1.32. The number of hydrogen-bond donors (Lipinski definition) is 1. The highest BCUT2D eigenvalue weighted by molar-refractivity contribution is 7.09. The van der Waals surface area contributed by atoms with E-state index in [1.54, 1.807) is 11.3 Å². The third-order valence-corrected chi connectivity index (χ3v) is 2.84. The number of nitrogens with zero attached hydrogens (tertiary/aromatic N) is 1. The Bertz CT molecular complexity index is 363. The molecule has 0 spiro atoms. The average Bonchev–Trinajstić information content (AvgIpc) is 2.60. The Morgan fingerprint density at radius 3 is 2.73 bits per heavy atom. The van der Waals surface area contributed by atoms with Gasteiger partial charge in [-0.3, -0.25) is 5.32 Å². The standard InChI is InChI=1S/C12H18N2S/c1-5-6-7-13-8-11-14-10(9-15-11)12(2,3)4/h9,13H,7-8H2,1-4H3. The van der Waals surface area contributed by atoms with E-state index < -0.39 is 0 Å². The van der Waals surface area contributed by atoms with Crippen molar-refractivity contribution in [2.75, 3.05) is 6.54 Å². The van der Waals surface area contributed by atoms with Crippen molar-refractivity contribution in [2.24, 2.45) is 0 Å². The second kappa shape index (κ2) is 5.29. The summed E-state index contributed by atoms with van der Waals surface area (Å²) in [5, 5.41) is 6.52. The molecule has 0 amide bonds. The lowest BCUT2D eigenvalue weighted by molar-refractivity contribution is 0.569. The van der Waals surface area contributed by atoms with E-state index in [0.717, 1.165) is 18.1 Å². The highest BCUT2D eigenvalue weighted by Crippen LogP contribution is 2.23. The van der Waals surface area contributed by atoms with E-state index in [1.165, 1.54) is 5.69 Å². The number of aromatic nitrogens is 1. The molecule has 0 unspecified atom stereocenters. The van der Waals surface area contributed by atoms with Crippen LogP contribution in [0.2, 0.25) is 0 Å². The molecule has 1 aromatic heterocycles. The van der Waals surface area contributed by atoms with Crippen LogP contribution >= 0.6 is 11.3 Å². The fraction of sp³-hybridized carbons (Fsp3) is 0.583. The smallest absolute Gasteiger partial charge is 0.107 e. The maximum absolute atomic E-state index is 4.59. The lowest BCUT2D eigenvalue weighted by atomic mass is 9.93. The van der Waals surface area contributed by atoms with Gasteiger partial charge in [-0.25, -0.2) is 4.98 Å². The minimum absolute atomic E-state index is 0.151. The van der Waals surface area contributed by atoms with Crippen LogP contribution in [0.1, 0.15) is 38.4 Å². The topological polar surface area (TPSA) is 24.9 Å². The minimum Gasteiger partial charge on any atom is -0.300 e. The van der Waals surface area contributed by atoms with Crippen molar-refractivity contribution >= 4 is 11.3 Å². The zero-order valence-corrected chi connectivity index (χ0v) is 10.7. The lowest BCUT2D eigenvalue weighted by Gasteiger charge is -2.14. The first-order chi connectivity index (χ1) is 7.04. The maximum Gasteiger partial charge on any atom is 0.107 e. The molecule has 2 nitrogen and oxygen atoms in total. The van der Waals surface area contributed by atoms with Crippen LogP contribution in [0.3, 0.4) is 0 Å². The zero-order valence-electron chi connectivity index (χ0n) is 9.85. The van der Waals surface area contributed by atoms with Gasteiger partial charge in [0.1, 0.15) is 5.01 Å². The van der Waals surface area contributed by atoms with Crippen LogP contribution in [0.5, 0.6) is 0 Å². The van der Waals surface area contributed by atoms with Crippen LogP contribution < -0.4 is 5.32 Å². The molecule has 1 aromatic rings. The third kappa shape index (κ3) is 4.03. The van der Waals surface area contributed by atoms with Crippen molar-refractivity contribution in [1.29, 1.82) is 0 Å². The largest absolute Gasteiger partial charge is 0.300 e. The molecule has 0 aliphatic carbocycles. The van der Waals surface area contributed by atoms with Gasteiger partial charge in [0.05, 0.1) is 12.2 Å². The Kier molecular flexibility index (Phi) is 4.31. The molecular formula is C12H18N2S. The third-order valence-electron chi connectivity index (χ3n) is 1.99. The molecule has 1 heterocycles. The Hall–Kier alpha value is -0.850. The Balaban J connectivity index is 2.49. The number of nitrogens with one attached hydrogen (secondary N) is 1. The van der Waals surface area contributed by atoms with Gasteiger partial charge in [-0.2, -0.15) is 0 Å². The predicted molar refractivity (Wildman–Crippen MR) is 66.0 cm³/mol. The van der Waals surface area contributed by atoms with Crippen molar-refractivity contribution in [3.8, 4) is 11.8 Å². The lowest BCUT2D eigenvalue weighted by Crippen LogP contribution is -2.15. The molecule has 0 saturated carbocycles. The van der Waals surface area contributed by atoms with E-state index >= 15 is 0 Å². The average molecular weight is 222 g/mol. The maximum atomic E-state index is 4.59. The Morgan fingerprint density at radius 1 is 1.47 bits per heavy atom. The van der Waals surface area contributed by atoms with Crippen molar-refractivity contribution < 1.29 is 0 Å². The van der Waals surface area contributed by atoms with Gasteiger partial charge in [-0.1, -0.05) is 26.7 Å². The molecule has 1 rings (SSSR count). The van der Waals surface area contributed by atoms with Crippen molar-refractivity contribution in [1.82, 2.24) is 10.3 Å². The molecule has 3 heteroatoms. The molecule has 15 heavy (non-hydrogen) atoms. The summed E-state index contributed by atoms with van der Waals surface area (Å²) in [4.78, 5) is 4.59. The zero-order chi connectivity index (χ0) is 11.3. The molecule has 0 aliphatic heterocycles. The fourth-order valence-electron chi connectivity index (χ4n) is 1.06. The summed E-state index contributed by atoms with van der Waals surface area (Å²) >= 11 is 1.71. The van der Waals surface area contributed by atoms with Crippen LogP contribution in [0.15, 0.2) is 5.38 Å². The minimum atomic E-state index is 0.151. The number of hydrogen-bond acceptors (Lipinski definition) is 3. The van der Waals surface area contributed by atoms with Crippen molar-refractivity contribution in [2.45, 2.75) is 39.7 Å². The van der Waals surface area contributed by atoms with Crippen LogP contribution in [0, 0.1) is 11.8 Å². The fourth-order valence-corrected chi connectivity index (χ4v) is 2.05. The van der Waals surface area contributed by atoms with Gasteiger partial charge in [0, 0.05) is 17.3 Å². The van der Waals surface area contributed by atoms with Crippen LogP contribution in [0.25, 0.3) is 0 Å². The summed E-state index contributed by atoms with van der Waals surface area (Å²) in [5.74, 6) is 5.83. The van der Waals surface area contributed by atoms with Crippen LogP contribution in [0.4, 0.5) is 0 Å².